The molecule has 16 heavy (non-hydrogen) atoms. The quantitative estimate of drug-likeness (QED) is 0.496. The molecule has 7 heteroatoms. The molecule has 0 aromatic carbocycles. The second kappa shape index (κ2) is 6.76. The van der Waals surface area contributed by atoms with Gasteiger partial charge < -0.3 is 4.74 Å². The summed E-state index contributed by atoms with van der Waals surface area (Å²) in [4.78, 5) is 2.20. The van der Waals surface area contributed by atoms with E-state index in [-0.39, 0.29) is 0 Å². The summed E-state index contributed by atoms with van der Waals surface area (Å²) in [5.74, 6) is 0.516. The van der Waals surface area contributed by atoms with Crippen LogP contribution in [0.4, 0.5) is 0 Å². The van der Waals surface area contributed by atoms with Crippen LogP contribution in [-0.2, 0) is 14.8 Å². The molecule has 0 aliphatic carbocycles. The minimum absolute atomic E-state index is 0.516. The third-order valence-corrected chi connectivity index (χ3v) is 4.03. The van der Waals surface area contributed by atoms with Crippen LogP contribution in [0.3, 0.4) is 0 Å². The number of piperazine rings is 1. The van der Waals surface area contributed by atoms with E-state index in [1.165, 1.54) is 10.6 Å². The highest BCUT2D eigenvalue weighted by molar-refractivity contribution is 7.88. The van der Waals surface area contributed by atoms with E-state index in [1.54, 1.807) is 0 Å². The molecule has 0 atom stereocenters. The van der Waals surface area contributed by atoms with Crippen molar-refractivity contribution < 1.29 is 13.2 Å². The molecular formula is C9H19ClN2O3S. The topological polar surface area (TPSA) is 49.9 Å². The number of alkyl halides is 1. The molecule has 1 aliphatic heterocycles. The number of ether oxygens (including phenoxy) is 1. The fourth-order valence-electron chi connectivity index (χ4n) is 1.64. The maximum Gasteiger partial charge on any atom is 0.211 e. The van der Waals surface area contributed by atoms with Crippen molar-refractivity contribution in [2.75, 3.05) is 58.1 Å². The van der Waals surface area contributed by atoms with Crippen LogP contribution >= 0.6 is 11.6 Å². The Morgan fingerprint density at radius 2 is 1.81 bits per heavy atom. The van der Waals surface area contributed by atoms with E-state index in [4.69, 9.17) is 16.3 Å². The highest BCUT2D eigenvalue weighted by Gasteiger charge is 2.22. The number of sulfonamides is 1. The number of rotatable bonds is 6. The van der Waals surface area contributed by atoms with E-state index in [1.807, 2.05) is 0 Å². The molecule has 1 fully saturated rings. The molecule has 0 aromatic heterocycles. The fourth-order valence-corrected chi connectivity index (χ4v) is 2.57. The molecule has 1 saturated heterocycles. The maximum absolute atomic E-state index is 11.3. The average Bonchev–Trinajstić information content (AvgIpc) is 2.24. The van der Waals surface area contributed by atoms with Gasteiger partial charge in [-0.2, -0.15) is 4.31 Å². The van der Waals surface area contributed by atoms with Crippen molar-refractivity contribution >= 4 is 21.6 Å². The van der Waals surface area contributed by atoms with E-state index in [0.29, 0.717) is 32.2 Å². The Labute approximate surface area is 102 Å². The summed E-state index contributed by atoms with van der Waals surface area (Å²) in [6.45, 7) is 4.78. The zero-order valence-corrected chi connectivity index (χ0v) is 11.1. The van der Waals surface area contributed by atoms with Gasteiger partial charge in [0.15, 0.2) is 0 Å². The predicted molar refractivity (Wildman–Crippen MR) is 64.4 cm³/mol. The monoisotopic (exact) mass is 270 g/mol. The summed E-state index contributed by atoms with van der Waals surface area (Å²) in [6.07, 6.45) is 1.26. The van der Waals surface area contributed by atoms with Crippen LogP contribution in [0.1, 0.15) is 0 Å². The Bertz CT molecular complexity index is 289. The lowest BCUT2D eigenvalue weighted by Crippen LogP contribution is -2.49. The van der Waals surface area contributed by atoms with Crippen LogP contribution in [0.2, 0.25) is 0 Å². The van der Waals surface area contributed by atoms with Crippen molar-refractivity contribution in [2.24, 2.45) is 0 Å². The minimum Gasteiger partial charge on any atom is -0.379 e. The molecule has 96 valence electrons. The first-order valence-electron chi connectivity index (χ1n) is 5.35. The molecule has 1 aliphatic rings. The van der Waals surface area contributed by atoms with Crippen molar-refractivity contribution in [1.29, 1.82) is 0 Å². The molecule has 0 bridgehead atoms. The molecular weight excluding hydrogens is 252 g/mol. The lowest BCUT2D eigenvalue weighted by atomic mass is 10.3. The third-order valence-electron chi connectivity index (χ3n) is 2.57. The Balaban J connectivity index is 2.17. The molecule has 0 amide bonds. The largest absolute Gasteiger partial charge is 0.379 e. The molecule has 1 heterocycles. The van der Waals surface area contributed by atoms with Crippen LogP contribution in [0, 0.1) is 0 Å². The minimum atomic E-state index is -3.02. The molecule has 5 nitrogen and oxygen atoms in total. The summed E-state index contributed by atoms with van der Waals surface area (Å²) in [5.41, 5.74) is 0. The van der Waals surface area contributed by atoms with E-state index in [9.17, 15) is 8.42 Å². The van der Waals surface area contributed by atoms with Gasteiger partial charge in [0, 0.05) is 38.6 Å². The van der Waals surface area contributed by atoms with Gasteiger partial charge in [0.25, 0.3) is 0 Å². The number of halogens is 1. The van der Waals surface area contributed by atoms with E-state index >= 15 is 0 Å². The van der Waals surface area contributed by atoms with Crippen molar-refractivity contribution in [3.8, 4) is 0 Å². The Hall–Kier alpha value is 0.120. The summed E-state index contributed by atoms with van der Waals surface area (Å²) in [6, 6.07) is 0. The van der Waals surface area contributed by atoms with Crippen LogP contribution in [0.25, 0.3) is 0 Å². The molecule has 0 spiro atoms. The summed E-state index contributed by atoms with van der Waals surface area (Å²) < 4.78 is 29.3. The van der Waals surface area contributed by atoms with Gasteiger partial charge in [0.1, 0.15) is 0 Å². The van der Waals surface area contributed by atoms with Gasteiger partial charge in [-0.25, -0.2) is 8.42 Å². The molecule has 0 radical (unpaired) electrons. The first-order valence-corrected chi connectivity index (χ1v) is 7.73. The highest BCUT2D eigenvalue weighted by atomic mass is 35.5. The van der Waals surface area contributed by atoms with E-state index < -0.39 is 10.0 Å². The van der Waals surface area contributed by atoms with Crippen molar-refractivity contribution in [1.82, 2.24) is 9.21 Å². The lowest BCUT2D eigenvalue weighted by molar-refractivity contribution is 0.0990. The van der Waals surface area contributed by atoms with Crippen LogP contribution in [0.15, 0.2) is 0 Å². The van der Waals surface area contributed by atoms with Gasteiger partial charge in [0.05, 0.1) is 19.5 Å². The van der Waals surface area contributed by atoms with Gasteiger partial charge in [-0.15, -0.1) is 11.6 Å². The van der Waals surface area contributed by atoms with Gasteiger partial charge in [-0.3, -0.25) is 4.90 Å². The van der Waals surface area contributed by atoms with Crippen LogP contribution in [0.5, 0.6) is 0 Å². The zero-order chi connectivity index (χ0) is 12.0. The van der Waals surface area contributed by atoms with Crippen molar-refractivity contribution in [2.45, 2.75) is 0 Å². The Kier molecular flexibility index (Phi) is 5.99. The summed E-state index contributed by atoms with van der Waals surface area (Å²) in [5, 5.41) is 0. The smallest absolute Gasteiger partial charge is 0.211 e. The van der Waals surface area contributed by atoms with Crippen LogP contribution < -0.4 is 0 Å². The third kappa shape index (κ3) is 4.97. The standard InChI is InChI=1S/C9H19ClN2O3S/c1-16(13,14)12-5-3-11(4-6-12)7-9-15-8-2-10/h2-9H2,1H3. The van der Waals surface area contributed by atoms with Crippen molar-refractivity contribution in [3.05, 3.63) is 0 Å². The number of hydrogen-bond donors (Lipinski definition) is 0. The first-order chi connectivity index (χ1) is 7.54. The van der Waals surface area contributed by atoms with E-state index in [0.717, 1.165) is 19.6 Å². The molecule has 1 rings (SSSR count). The lowest BCUT2D eigenvalue weighted by Gasteiger charge is -2.32. The second-order valence-corrected chi connectivity index (χ2v) is 6.17. The predicted octanol–water partition coefficient (Wildman–Crippen LogP) is -0.181. The van der Waals surface area contributed by atoms with E-state index in [2.05, 4.69) is 4.90 Å². The number of hydrogen-bond acceptors (Lipinski definition) is 4. The van der Waals surface area contributed by atoms with Gasteiger partial charge >= 0.3 is 0 Å². The Morgan fingerprint density at radius 1 is 1.19 bits per heavy atom. The molecule has 0 saturated carbocycles. The zero-order valence-electron chi connectivity index (χ0n) is 9.56. The van der Waals surface area contributed by atoms with Gasteiger partial charge in [-0.1, -0.05) is 0 Å². The first kappa shape index (κ1) is 14.2. The average molecular weight is 271 g/mol. The normalized spacial score (nSPS) is 20.1. The highest BCUT2D eigenvalue weighted by Crippen LogP contribution is 2.05. The molecule has 0 aromatic rings. The maximum atomic E-state index is 11.3. The summed E-state index contributed by atoms with van der Waals surface area (Å²) in [7, 11) is -3.02. The Morgan fingerprint density at radius 3 is 2.31 bits per heavy atom. The fraction of sp³-hybridized carbons (Fsp3) is 1.00. The molecule has 0 N–H and O–H groups in total. The second-order valence-electron chi connectivity index (χ2n) is 3.81. The van der Waals surface area contributed by atoms with Crippen molar-refractivity contribution in [3.63, 3.8) is 0 Å². The molecule has 0 unspecified atom stereocenters. The van der Waals surface area contributed by atoms with Gasteiger partial charge in [0.2, 0.25) is 10.0 Å². The summed E-state index contributed by atoms with van der Waals surface area (Å²) >= 11 is 5.48. The van der Waals surface area contributed by atoms with Crippen LogP contribution in [-0.4, -0.2) is 75.7 Å². The number of nitrogens with zero attached hydrogens (tertiary/aromatic N) is 2. The van der Waals surface area contributed by atoms with Gasteiger partial charge in [-0.05, 0) is 0 Å². The SMILES string of the molecule is CS(=O)(=O)N1CCN(CCOCCCl)CC1.